The Morgan fingerprint density at radius 1 is 1.00 bits per heavy atom. The third-order valence-electron chi connectivity index (χ3n) is 1.99. The number of aromatic nitrogens is 4. The molecule has 0 aliphatic carbocycles. The molecule has 2 heterocycles. The Balaban J connectivity index is 2.24. The van der Waals surface area contributed by atoms with Gasteiger partial charge in [0.25, 0.3) is 0 Å². The Morgan fingerprint density at radius 3 is 2.61 bits per heavy atom. The van der Waals surface area contributed by atoms with Gasteiger partial charge in [-0.1, -0.05) is 0 Å². The molecule has 0 amide bonds. The zero-order valence-corrected chi connectivity index (χ0v) is 9.91. The highest BCUT2D eigenvalue weighted by atomic mass is 16.5. The molecule has 18 heavy (non-hydrogen) atoms. The first kappa shape index (κ1) is 11.8. The Hall–Kier alpha value is -2.68. The molecule has 0 saturated carbocycles. The number of rotatable bonds is 2. The monoisotopic (exact) mass is 242 g/mol. The number of nitrogens with zero attached hydrogens (tertiary/aromatic N) is 4. The number of hydrogen-bond donors (Lipinski definition) is 0. The van der Waals surface area contributed by atoms with Crippen LogP contribution in [0.3, 0.4) is 0 Å². The molecule has 2 aromatic rings. The van der Waals surface area contributed by atoms with Crippen molar-refractivity contribution >= 4 is 0 Å². The van der Waals surface area contributed by atoms with E-state index in [1.807, 2.05) is 0 Å². The summed E-state index contributed by atoms with van der Waals surface area (Å²) in [5.74, 6) is 6.91. The number of hydrogen-bond acceptors (Lipinski definition) is 6. The smallest absolute Gasteiger partial charge is 0.217 e. The van der Waals surface area contributed by atoms with Gasteiger partial charge in [0, 0.05) is 18.3 Å². The zero-order chi connectivity index (χ0) is 12.8. The van der Waals surface area contributed by atoms with Gasteiger partial charge in [-0.25, -0.2) is 15.0 Å². The normalized spacial score (nSPS) is 9.22. The summed E-state index contributed by atoms with van der Waals surface area (Å²) < 4.78 is 9.95. The highest BCUT2D eigenvalue weighted by Crippen LogP contribution is 2.05. The SMILES string of the molecule is COc1cc(C#Cc2nccc(OC)n2)ncn1. The van der Waals surface area contributed by atoms with Crippen LogP contribution in [0, 0.1) is 11.8 Å². The van der Waals surface area contributed by atoms with E-state index < -0.39 is 0 Å². The maximum Gasteiger partial charge on any atom is 0.217 e. The summed E-state index contributed by atoms with van der Waals surface area (Å²) in [4.78, 5) is 16.0. The summed E-state index contributed by atoms with van der Waals surface area (Å²) in [6, 6.07) is 3.28. The Morgan fingerprint density at radius 2 is 1.83 bits per heavy atom. The minimum atomic E-state index is 0.368. The molecule has 2 aromatic heterocycles. The van der Waals surface area contributed by atoms with Crippen molar-refractivity contribution in [3.63, 3.8) is 0 Å². The molecule has 0 radical (unpaired) electrons. The molecule has 0 unspecified atom stereocenters. The van der Waals surface area contributed by atoms with Gasteiger partial charge in [0.2, 0.25) is 17.6 Å². The van der Waals surface area contributed by atoms with E-state index in [0.717, 1.165) is 0 Å². The first-order chi connectivity index (χ1) is 8.81. The van der Waals surface area contributed by atoms with E-state index in [1.165, 1.54) is 20.5 Å². The van der Waals surface area contributed by atoms with Crippen molar-refractivity contribution in [1.29, 1.82) is 0 Å². The lowest BCUT2D eigenvalue weighted by Gasteiger charge is -1.97. The van der Waals surface area contributed by atoms with Crippen LogP contribution in [0.15, 0.2) is 24.7 Å². The largest absolute Gasteiger partial charge is 0.481 e. The fourth-order valence-electron chi connectivity index (χ4n) is 1.16. The summed E-state index contributed by atoms with van der Waals surface area (Å²) >= 11 is 0. The van der Waals surface area contributed by atoms with Crippen LogP contribution in [0.4, 0.5) is 0 Å². The van der Waals surface area contributed by atoms with Gasteiger partial charge in [-0.05, 0) is 11.8 Å². The third kappa shape index (κ3) is 2.92. The highest BCUT2D eigenvalue weighted by molar-refractivity contribution is 5.35. The van der Waals surface area contributed by atoms with Crippen molar-refractivity contribution in [2.45, 2.75) is 0 Å². The summed E-state index contributed by atoms with van der Waals surface area (Å²) in [5.41, 5.74) is 0.535. The molecule has 0 aromatic carbocycles. The molecule has 0 N–H and O–H groups in total. The summed E-state index contributed by atoms with van der Waals surface area (Å²) in [6.07, 6.45) is 2.96. The molecule has 0 aliphatic heterocycles. The Kier molecular flexibility index (Phi) is 3.66. The van der Waals surface area contributed by atoms with E-state index in [-0.39, 0.29) is 0 Å². The van der Waals surface area contributed by atoms with Crippen molar-refractivity contribution in [3.05, 3.63) is 36.2 Å². The van der Waals surface area contributed by atoms with Gasteiger partial charge in [-0.3, -0.25) is 0 Å². The van der Waals surface area contributed by atoms with Gasteiger partial charge in [0.15, 0.2) is 0 Å². The molecule has 6 nitrogen and oxygen atoms in total. The fourth-order valence-corrected chi connectivity index (χ4v) is 1.16. The maximum atomic E-state index is 4.98. The second-order valence-electron chi connectivity index (χ2n) is 3.12. The van der Waals surface area contributed by atoms with Crippen molar-refractivity contribution in [1.82, 2.24) is 19.9 Å². The highest BCUT2D eigenvalue weighted by Gasteiger charge is 1.96. The molecule has 0 atom stereocenters. The van der Waals surface area contributed by atoms with Gasteiger partial charge in [0.1, 0.15) is 12.0 Å². The van der Waals surface area contributed by atoms with Gasteiger partial charge in [0.05, 0.1) is 14.2 Å². The number of methoxy groups -OCH3 is 2. The quantitative estimate of drug-likeness (QED) is 0.721. The third-order valence-corrected chi connectivity index (χ3v) is 1.99. The van der Waals surface area contributed by atoms with E-state index in [4.69, 9.17) is 9.47 Å². The summed E-state index contributed by atoms with van der Waals surface area (Å²) in [7, 11) is 3.07. The zero-order valence-electron chi connectivity index (χ0n) is 9.91. The van der Waals surface area contributed by atoms with Crippen molar-refractivity contribution in [2.75, 3.05) is 14.2 Å². The van der Waals surface area contributed by atoms with Crippen LogP contribution in [0.25, 0.3) is 0 Å². The van der Waals surface area contributed by atoms with Crippen LogP contribution < -0.4 is 9.47 Å². The second-order valence-corrected chi connectivity index (χ2v) is 3.12. The Bertz CT molecular complexity index is 553. The predicted octanol–water partition coefficient (Wildman–Crippen LogP) is 0.684. The molecular weight excluding hydrogens is 232 g/mol. The topological polar surface area (TPSA) is 70.0 Å². The van der Waals surface area contributed by atoms with Crippen LogP contribution in [0.2, 0.25) is 0 Å². The Labute approximate surface area is 104 Å². The average Bonchev–Trinajstić information content (AvgIpc) is 2.45. The van der Waals surface area contributed by atoms with Crippen molar-refractivity contribution in [3.8, 4) is 23.6 Å². The van der Waals surface area contributed by atoms with Crippen LogP contribution in [-0.2, 0) is 0 Å². The van der Waals surface area contributed by atoms with E-state index in [2.05, 4.69) is 31.8 Å². The molecule has 90 valence electrons. The van der Waals surface area contributed by atoms with Crippen molar-refractivity contribution < 1.29 is 9.47 Å². The molecule has 2 rings (SSSR count). The molecule has 0 saturated heterocycles. The molecule has 0 spiro atoms. The van der Waals surface area contributed by atoms with E-state index in [1.54, 1.807) is 18.3 Å². The predicted molar refractivity (Wildman–Crippen MR) is 63.1 cm³/mol. The molecule has 0 fully saturated rings. The summed E-state index contributed by atoms with van der Waals surface area (Å²) in [5, 5.41) is 0. The van der Waals surface area contributed by atoms with Gasteiger partial charge in [-0.15, -0.1) is 0 Å². The van der Waals surface area contributed by atoms with Gasteiger partial charge >= 0.3 is 0 Å². The molecule has 0 aliphatic rings. The molecular formula is C12H10N4O2. The maximum absolute atomic E-state index is 4.98. The second kappa shape index (κ2) is 5.59. The number of ether oxygens (including phenoxy) is 2. The minimum absolute atomic E-state index is 0.368. The van der Waals surface area contributed by atoms with Crippen LogP contribution in [0.5, 0.6) is 11.8 Å². The van der Waals surface area contributed by atoms with E-state index in [9.17, 15) is 0 Å². The molecule has 6 heteroatoms. The van der Waals surface area contributed by atoms with Crippen LogP contribution in [-0.4, -0.2) is 34.2 Å². The standard InChI is InChI=1S/C12H10N4O2/c1-17-11-5-6-13-10(16-11)4-3-9-7-12(18-2)15-8-14-9/h5-8H,1-2H3. The fraction of sp³-hybridized carbons (Fsp3) is 0.167. The lowest BCUT2D eigenvalue weighted by molar-refractivity contribution is 0.396. The van der Waals surface area contributed by atoms with E-state index in [0.29, 0.717) is 23.3 Å². The lowest BCUT2D eigenvalue weighted by atomic mass is 10.4. The first-order valence-corrected chi connectivity index (χ1v) is 5.07. The van der Waals surface area contributed by atoms with Gasteiger partial charge < -0.3 is 9.47 Å². The average molecular weight is 242 g/mol. The van der Waals surface area contributed by atoms with Crippen LogP contribution in [0.1, 0.15) is 11.5 Å². The lowest BCUT2D eigenvalue weighted by Crippen LogP contribution is -1.93. The van der Waals surface area contributed by atoms with E-state index >= 15 is 0 Å². The van der Waals surface area contributed by atoms with Gasteiger partial charge in [-0.2, -0.15) is 4.98 Å². The first-order valence-electron chi connectivity index (χ1n) is 5.07. The molecule has 0 bridgehead atoms. The minimum Gasteiger partial charge on any atom is -0.481 e. The summed E-state index contributed by atoms with van der Waals surface area (Å²) in [6.45, 7) is 0. The van der Waals surface area contributed by atoms with Crippen molar-refractivity contribution in [2.24, 2.45) is 0 Å². The van der Waals surface area contributed by atoms with Crippen LogP contribution >= 0.6 is 0 Å².